The van der Waals surface area contributed by atoms with E-state index in [-0.39, 0.29) is 18.9 Å². The van der Waals surface area contributed by atoms with Crippen LogP contribution in [0.5, 0.6) is 0 Å². The molecule has 1 aromatic rings. The van der Waals surface area contributed by atoms with Crippen LogP contribution in [-0.2, 0) is 20.8 Å². The number of benzene rings is 1. The predicted molar refractivity (Wildman–Crippen MR) is 76.8 cm³/mol. The van der Waals surface area contributed by atoms with Crippen LogP contribution >= 0.6 is 0 Å². The van der Waals surface area contributed by atoms with E-state index in [1.54, 1.807) is 4.90 Å². The van der Waals surface area contributed by atoms with Crippen LogP contribution in [0.15, 0.2) is 30.3 Å². The lowest BCUT2D eigenvalue weighted by Gasteiger charge is -2.23. The number of carbonyl (C=O) groups excluding carboxylic acids is 2. The molecule has 0 aromatic heterocycles. The van der Waals surface area contributed by atoms with Gasteiger partial charge in [-0.2, -0.15) is 0 Å². The average Bonchev–Trinajstić information content (AvgIpc) is 2.93. The molecule has 0 saturated carbocycles. The van der Waals surface area contributed by atoms with Crippen molar-refractivity contribution in [2.75, 3.05) is 6.54 Å². The number of carboxylic acids is 1. The summed E-state index contributed by atoms with van der Waals surface area (Å²) in [5.74, 6) is -1.78. The summed E-state index contributed by atoms with van der Waals surface area (Å²) in [6.07, 6.45) is 2.15. The maximum Gasteiger partial charge on any atom is 0.303 e. The maximum atomic E-state index is 12.2. The first-order chi connectivity index (χ1) is 10.1. The molecule has 1 atom stereocenters. The molecule has 1 unspecified atom stereocenters. The van der Waals surface area contributed by atoms with Crippen molar-refractivity contribution in [3.8, 4) is 0 Å². The zero-order chi connectivity index (χ0) is 15.2. The van der Waals surface area contributed by atoms with Crippen molar-refractivity contribution in [3.63, 3.8) is 0 Å². The third-order valence-corrected chi connectivity index (χ3v) is 3.78. The topological polar surface area (TPSA) is 74.7 Å². The second-order valence-corrected chi connectivity index (χ2v) is 5.31. The van der Waals surface area contributed by atoms with Crippen LogP contribution < -0.4 is 0 Å². The van der Waals surface area contributed by atoms with Crippen molar-refractivity contribution in [1.82, 2.24) is 4.90 Å². The molecule has 2 rings (SSSR count). The molecular formula is C16H19NO4. The predicted octanol–water partition coefficient (Wildman–Crippen LogP) is 1.65. The van der Waals surface area contributed by atoms with E-state index in [1.807, 2.05) is 30.3 Å². The summed E-state index contributed by atoms with van der Waals surface area (Å²) >= 11 is 0. The SMILES string of the molecule is O=C(O)CCC1CCCN1C(=O)C(=O)Cc1ccccc1. The van der Waals surface area contributed by atoms with Gasteiger partial charge in [-0.25, -0.2) is 0 Å². The quantitative estimate of drug-likeness (QED) is 0.808. The highest BCUT2D eigenvalue weighted by Gasteiger charge is 2.32. The number of hydrogen-bond donors (Lipinski definition) is 1. The molecule has 5 heteroatoms. The van der Waals surface area contributed by atoms with Crippen LogP contribution in [0.1, 0.15) is 31.2 Å². The molecule has 0 radical (unpaired) electrons. The molecule has 1 fully saturated rings. The molecular weight excluding hydrogens is 270 g/mol. The Bertz CT molecular complexity index is 526. The Hall–Kier alpha value is -2.17. The van der Waals surface area contributed by atoms with E-state index >= 15 is 0 Å². The summed E-state index contributed by atoms with van der Waals surface area (Å²) in [5, 5.41) is 8.73. The van der Waals surface area contributed by atoms with Gasteiger partial charge >= 0.3 is 5.97 Å². The molecule has 1 heterocycles. The zero-order valence-electron chi connectivity index (χ0n) is 11.8. The molecule has 1 aliphatic rings. The number of nitrogens with zero attached hydrogens (tertiary/aromatic N) is 1. The van der Waals surface area contributed by atoms with E-state index < -0.39 is 17.7 Å². The van der Waals surface area contributed by atoms with Crippen molar-refractivity contribution >= 4 is 17.7 Å². The molecule has 1 aliphatic heterocycles. The van der Waals surface area contributed by atoms with Gasteiger partial charge in [0.05, 0.1) is 0 Å². The molecule has 5 nitrogen and oxygen atoms in total. The number of ketones is 1. The first-order valence-electron chi connectivity index (χ1n) is 7.17. The standard InChI is InChI=1S/C16H19NO4/c18-14(11-12-5-2-1-3-6-12)16(21)17-10-4-7-13(17)8-9-15(19)20/h1-3,5-6,13H,4,7-11H2,(H,19,20). The number of carboxylic acid groups (broad SMARTS) is 1. The third-order valence-electron chi connectivity index (χ3n) is 3.78. The number of amides is 1. The smallest absolute Gasteiger partial charge is 0.303 e. The Morgan fingerprint density at radius 2 is 1.90 bits per heavy atom. The van der Waals surface area contributed by atoms with E-state index in [4.69, 9.17) is 5.11 Å². The van der Waals surface area contributed by atoms with E-state index in [0.29, 0.717) is 13.0 Å². The number of aliphatic carboxylic acids is 1. The minimum Gasteiger partial charge on any atom is -0.481 e. The maximum absolute atomic E-state index is 12.2. The van der Waals surface area contributed by atoms with Gasteiger partial charge in [-0.15, -0.1) is 0 Å². The first-order valence-corrected chi connectivity index (χ1v) is 7.17. The number of carbonyl (C=O) groups is 3. The molecule has 0 aliphatic carbocycles. The van der Waals surface area contributed by atoms with Crippen molar-refractivity contribution in [2.45, 2.75) is 38.1 Å². The fraction of sp³-hybridized carbons (Fsp3) is 0.438. The van der Waals surface area contributed by atoms with Gasteiger partial charge in [-0.1, -0.05) is 30.3 Å². The van der Waals surface area contributed by atoms with Crippen LogP contribution in [0.2, 0.25) is 0 Å². The van der Waals surface area contributed by atoms with Crippen LogP contribution in [0.25, 0.3) is 0 Å². The Morgan fingerprint density at radius 1 is 1.19 bits per heavy atom. The summed E-state index contributed by atoms with van der Waals surface area (Å²) in [4.78, 5) is 36.5. The Kier molecular flexibility index (Phi) is 5.09. The molecule has 0 spiro atoms. The number of rotatable bonds is 6. The second-order valence-electron chi connectivity index (χ2n) is 5.31. The molecule has 1 saturated heterocycles. The highest BCUT2D eigenvalue weighted by Crippen LogP contribution is 2.22. The molecule has 21 heavy (non-hydrogen) atoms. The highest BCUT2D eigenvalue weighted by atomic mass is 16.4. The zero-order valence-corrected chi connectivity index (χ0v) is 11.8. The Morgan fingerprint density at radius 3 is 2.57 bits per heavy atom. The van der Waals surface area contributed by atoms with Gasteiger partial charge in [-0.3, -0.25) is 14.4 Å². The van der Waals surface area contributed by atoms with Crippen molar-refractivity contribution in [1.29, 1.82) is 0 Å². The number of likely N-dealkylation sites (tertiary alicyclic amines) is 1. The summed E-state index contributed by atoms with van der Waals surface area (Å²) in [5.41, 5.74) is 0.817. The highest BCUT2D eigenvalue weighted by molar-refractivity contribution is 6.36. The van der Waals surface area contributed by atoms with Gasteiger partial charge < -0.3 is 10.0 Å². The molecule has 1 amide bonds. The largest absolute Gasteiger partial charge is 0.481 e. The van der Waals surface area contributed by atoms with Crippen molar-refractivity contribution < 1.29 is 19.5 Å². The summed E-state index contributed by atoms with van der Waals surface area (Å²) in [6.45, 7) is 0.545. The second kappa shape index (κ2) is 7.02. The molecule has 1 N–H and O–H groups in total. The van der Waals surface area contributed by atoms with E-state index in [2.05, 4.69) is 0 Å². The lowest BCUT2D eigenvalue weighted by Crippen LogP contribution is -2.40. The Labute approximate surface area is 123 Å². The van der Waals surface area contributed by atoms with Gasteiger partial charge in [0.15, 0.2) is 0 Å². The number of hydrogen-bond acceptors (Lipinski definition) is 3. The Balaban J connectivity index is 1.94. The van der Waals surface area contributed by atoms with Crippen molar-refractivity contribution in [2.24, 2.45) is 0 Å². The van der Waals surface area contributed by atoms with Crippen LogP contribution in [0.3, 0.4) is 0 Å². The van der Waals surface area contributed by atoms with E-state index in [1.165, 1.54) is 0 Å². The van der Waals surface area contributed by atoms with Gasteiger partial charge in [0.2, 0.25) is 5.78 Å². The third kappa shape index (κ3) is 4.15. The minimum absolute atomic E-state index is 0.0291. The fourth-order valence-electron chi connectivity index (χ4n) is 2.71. The van der Waals surface area contributed by atoms with Crippen LogP contribution in [-0.4, -0.2) is 40.3 Å². The van der Waals surface area contributed by atoms with E-state index in [0.717, 1.165) is 18.4 Å². The molecule has 112 valence electrons. The summed E-state index contributed by atoms with van der Waals surface area (Å²) in [6, 6.07) is 9.04. The van der Waals surface area contributed by atoms with E-state index in [9.17, 15) is 14.4 Å². The van der Waals surface area contributed by atoms with Crippen molar-refractivity contribution in [3.05, 3.63) is 35.9 Å². The van der Waals surface area contributed by atoms with Crippen LogP contribution in [0.4, 0.5) is 0 Å². The minimum atomic E-state index is -0.870. The lowest BCUT2D eigenvalue weighted by molar-refractivity contribution is -0.145. The average molecular weight is 289 g/mol. The van der Waals surface area contributed by atoms with Gasteiger partial charge in [0.1, 0.15) is 0 Å². The summed E-state index contributed by atoms with van der Waals surface area (Å²) < 4.78 is 0. The van der Waals surface area contributed by atoms with Crippen LogP contribution in [0, 0.1) is 0 Å². The molecule has 1 aromatic carbocycles. The summed E-state index contributed by atoms with van der Waals surface area (Å²) in [7, 11) is 0. The molecule has 0 bridgehead atoms. The normalized spacial score (nSPS) is 17.7. The van der Waals surface area contributed by atoms with Gasteiger partial charge in [-0.05, 0) is 24.8 Å². The fourth-order valence-corrected chi connectivity index (χ4v) is 2.71. The van der Waals surface area contributed by atoms with Gasteiger partial charge in [0, 0.05) is 25.4 Å². The first kappa shape index (κ1) is 15.2. The van der Waals surface area contributed by atoms with Gasteiger partial charge in [0.25, 0.3) is 5.91 Å². The number of Topliss-reactive ketones (excluding diaryl/α,β-unsaturated/α-hetero) is 1. The monoisotopic (exact) mass is 289 g/mol. The lowest BCUT2D eigenvalue weighted by atomic mass is 10.1.